The molecule has 0 unspecified atom stereocenters. The van der Waals surface area contributed by atoms with Crippen LogP contribution in [0.4, 0.5) is 23.2 Å². The average Bonchev–Trinajstić information content (AvgIpc) is 2.84. The third-order valence-corrected chi connectivity index (χ3v) is 6.35. The van der Waals surface area contributed by atoms with E-state index in [-0.39, 0.29) is 59.9 Å². The van der Waals surface area contributed by atoms with Crippen LogP contribution >= 0.6 is 0 Å². The summed E-state index contributed by atoms with van der Waals surface area (Å²) >= 11 is 0. The first-order chi connectivity index (χ1) is 16.6. The molecule has 35 heavy (non-hydrogen) atoms. The summed E-state index contributed by atoms with van der Waals surface area (Å²) in [4.78, 5) is 27.6. The van der Waals surface area contributed by atoms with Crippen molar-refractivity contribution >= 4 is 11.6 Å². The molecule has 0 bridgehead atoms. The highest BCUT2D eigenvalue weighted by Crippen LogP contribution is 2.45. The summed E-state index contributed by atoms with van der Waals surface area (Å²) in [6.45, 7) is 3.86. The lowest BCUT2D eigenvalue weighted by Gasteiger charge is -2.31. The van der Waals surface area contributed by atoms with Crippen molar-refractivity contribution in [2.75, 3.05) is 11.9 Å². The quantitative estimate of drug-likeness (QED) is 0.386. The second-order valence-electron chi connectivity index (χ2n) is 9.20. The molecule has 1 aliphatic carbocycles. The number of amides is 1. The molecule has 0 radical (unpaired) electrons. The van der Waals surface area contributed by atoms with Crippen molar-refractivity contribution in [2.24, 2.45) is 0 Å². The zero-order valence-corrected chi connectivity index (χ0v) is 19.7. The van der Waals surface area contributed by atoms with Crippen LogP contribution in [0, 0.1) is 11.6 Å². The van der Waals surface area contributed by atoms with Gasteiger partial charge < -0.3 is 4.90 Å². The number of carbonyl (C=O) groups is 1. The summed E-state index contributed by atoms with van der Waals surface area (Å²) in [5.41, 5.74) is 1.06. The minimum absolute atomic E-state index is 0.0455. The predicted octanol–water partition coefficient (Wildman–Crippen LogP) is 6.51. The van der Waals surface area contributed by atoms with E-state index in [4.69, 9.17) is 0 Å². The van der Waals surface area contributed by atoms with E-state index >= 15 is 0 Å². The molecule has 0 aliphatic heterocycles. The second-order valence-corrected chi connectivity index (χ2v) is 9.20. The number of rotatable bonds is 5. The SMILES string of the molecule is CC(C)c1ncc(C(=O)N(C)c2c(-c3cc(F)ccc3F)ccnc2C2CCC(F)(F)CC2)cn1. The second kappa shape index (κ2) is 9.71. The van der Waals surface area contributed by atoms with E-state index in [1.165, 1.54) is 36.6 Å². The highest BCUT2D eigenvalue weighted by atomic mass is 19.3. The fourth-order valence-corrected chi connectivity index (χ4v) is 4.40. The molecule has 1 aliphatic rings. The number of nitrogens with zero attached hydrogens (tertiary/aromatic N) is 4. The van der Waals surface area contributed by atoms with Gasteiger partial charge in [-0.1, -0.05) is 13.8 Å². The summed E-state index contributed by atoms with van der Waals surface area (Å²) in [5.74, 6) is -4.25. The van der Waals surface area contributed by atoms with Crippen LogP contribution in [0.2, 0.25) is 0 Å². The van der Waals surface area contributed by atoms with Gasteiger partial charge in [-0.25, -0.2) is 27.5 Å². The zero-order chi connectivity index (χ0) is 25.3. The van der Waals surface area contributed by atoms with Crippen molar-refractivity contribution < 1.29 is 22.4 Å². The first-order valence-corrected chi connectivity index (χ1v) is 11.5. The van der Waals surface area contributed by atoms with Crippen LogP contribution in [0.1, 0.15) is 73.2 Å². The molecule has 1 amide bonds. The van der Waals surface area contributed by atoms with Gasteiger partial charge in [-0.15, -0.1) is 0 Å². The summed E-state index contributed by atoms with van der Waals surface area (Å²) in [6.07, 6.45) is 3.98. The molecule has 184 valence electrons. The molecule has 1 saturated carbocycles. The minimum Gasteiger partial charge on any atom is -0.309 e. The topological polar surface area (TPSA) is 59.0 Å². The highest BCUT2D eigenvalue weighted by Gasteiger charge is 2.37. The van der Waals surface area contributed by atoms with Crippen LogP contribution in [-0.4, -0.2) is 33.8 Å². The van der Waals surface area contributed by atoms with E-state index in [2.05, 4.69) is 15.0 Å². The van der Waals surface area contributed by atoms with Crippen molar-refractivity contribution in [3.8, 4) is 11.1 Å². The maximum Gasteiger partial charge on any atom is 0.261 e. The molecule has 2 heterocycles. The van der Waals surface area contributed by atoms with Gasteiger partial charge in [0.1, 0.15) is 17.5 Å². The first kappa shape index (κ1) is 24.8. The van der Waals surface area contributed by atoms with Gasteiger partial charge >= 0.3 is 0 Å². The number of carbonyl (C=O) groups excluding carboxylic acids is 1. The van der Waals surface area contributed by atoms with Crippen molar-refractivity contribution in [3.63, 3.8) is 0 Å². The molecule has 3 aromatic rings. The molecule has 4 rings (SSSR count). The standard InChI is InChI=1S/C26H26F4N4O/c1-15(2)24-32-13-17(14-33-24)25(35)34(3)23-19(20-12-18(27)4-5-21(20)28)8-11-31-22(23)16-6-9-26(29,30)10-7-16/h4-5,8,11-16H,6-7,9-10H2,1-3H3. The monoisotopic (exact) mass is 486 g/mol. The van der Waals surface area contributed by atoms with Gasteiger partial charge in [0.25, 0.3) is 5.91 Å². The van der Waals surface area contributed by atoms with E-state index in [1.54, 1.807) is 0 Å². The van der Waals surface area contributed by atoms with Crippen LogP contribution in [0.3, 0.4) is 0 Å². The number of pyridine rings is 1. The molecule has 0 N–H and O–H groups in total. The Balaban J connectivity index is 1.82. The summed E-state index contributed by atoms with van der Waals surface area (Å²) in [7, 11) is 1.50. The van der Waals surface area contributed by atoms with Crippen molar-refractivity contribution in [1.29, 1.82) is 0 Å². The van der Waals surface area contributed by atoms with Crippen LogP contribution < -0.4 is 4.90 Å². The lowest BCUT2D eigenvalue weighted by Crippen LogP contribution is -2.30. The lowest BCUT2D eigenvalue weighted by molar-refractivity contribution is -0.0384. The Bertz CT molecular complexity index is 1220. The summed E-state index contributed by atoms with van der Waals surface area (Å²) in [6, 6.07) is 4.56. The van der Waals surface area contributed by atoms with Gasteiger partial charge in [-0.3, -0.25) is 9.78 Å². The Morgan fingerprint density at radius 3 is 2.31 bits per heavy atom. The third kappa shape index (κ3) is 5.18. The largest absolute Gasteiger partial charge is 0.309 e. The molecule has 0 saturated heterocycles. The van der Waals surface area contributed by atoms with Gasteiger partial charge in [0.2, 0.25) is 5.92 Å². The van der Waals surface area contributed by atoms with Gasteiger partial charge in [-0.05, 0) is 37.1 Å². The first-order valence-electron chi connectivity index (χ1n) is 11.5. The van der Waals surface area contributed by atoms with Gasteiger partial charge in [0.15, 0.2) is 0 Å². The van der Waals surface area contributed by atoms with Crippen LogP contribution in [0.15, 0.2) is 42.9 Å². The maximum absolute atomic E-state index is 14.8. The molecular formula is C26H26F4N4O. The molecule has 1 aromatic carbocycles. The smallest absolute Gasteiger partial charge is 0.261 e. The number of alkyl halides is 2. The molecular weight excluding hydrogens is 460 g/mol. The molecule has 5 nitrogen and oxygen atoms in total. The third-order valence-electron chi connectivity index (χ3n) is 6.35. The van der Waals surface area contributed by atoms with Gasteiger partial charge in [-0.2, -0.15) is 0 Å². The van der Waals surface area contributed by atoms with Gasteiger partial charge in [0, 0.05) is 61.4 Å². The molecule has 9 heteroatoms. The van der Waals surface area contributed by atoms with Crippen LogP contribution in [0.5, 0.6) is 0 Å². The predicted molar refractivity (Wildman–Crippen MR) is 125 cm³/mol. The zero-order valence-electron chi connectivity index (χ0n) is 19.7. The summed E-state index contributed by atoms with van der Waals surface area (Å²) in [5, 5.41) is 0. The Morgan fingerprint density at radius 1 is 1.03 bits per heavy atom. The van der Waals surface area contributed by atoms with Crippen molar-refractivity contribution in [3.05, 3.63) is 71.6 Å². The maximum atomic E-state index is 14.8. The molecule has 1 fully saturated rings. The molecule has 0 atom stereocenters. The van der Waals surface area contributed by atoms with E-state index in [0.29, 0.717) is 11.5 Å². The van der Waals surface area contributed by atoms with Crippen LogP contribution in [0.25, 0.3) is 11.1 Å². The van der Waals surface area contributed by atoms with E-state index in [9.17, 15) is 22.4 Å². The fraction of sp³-hybridized carbons (Fsp3) is 0.385. The number of aromatic nitrogens is 3. The Hall–Kier alpha value is -3.36. The van der Waals surface area contributed by atoms with E-state index < -0.39 is 23.5 Å². The average molecular weight is 487 g/mol. The number of anilines is 1. The number of hydrogen-bond donors (Lipinski definition) is 0. The minimum atomic E-state index is -2.75. The normalized spacial score (nSPS) is 15.9. The van der Waals surface area contributed by atoms with Crippen LogP contribution in [-0.2, 0) is 0 Å². The van der Waals surface area contributed by atoms with Crippen molar-refractivity contribution in [2.45, 2.75) is 57.3 Å². The number of halogens is 4. The van der Waals surface area contributed by atoms with Crippen molar-refractivity contribution in [1.82, 2.24) is 15.0 Å². The fourth-order valence-electron chi connectivity index (χ4n) is 4.40. The Morgan fingerprint density at radius 2 is 1.69 bits per heavy atom. The molecule has 0 spiro atoms. The summed E-state index contributed by atoms with van der Waals surface area (Å²) < 4.78 is 56.6. The highest BCUT2D eigenvalue weighted by molar-refractivity contribution is 6.08. The molecule has 2 aromatic heterocycles. The number of benzene rings is 1. The number of hydrogen-bond acceptors (Lipinski definition) is 4. The van der Waals surface area contributed by atoms with E-state index in [1.807, 2.05) is 13.8 Å². The van der Waals surface area contributed by atoms with E-state index in [0.717, 1.165) is 18.2 Å². The Kier molecular flexibility index (Phi) is 6.87. The van der Waals surface area contributed by atoms with Gasteiger partial charge in [0.05, 0.1) is 16.9 Å². The Labute approximate surface area is 201 Å². The lowest BCUT2D eigenvalue weighted by atomic mass is 9.83.